The number of aryl methyl sites for hydroxylation is 1. The topological polar surface area (TPSA) is 89.9 Å². The van der Waals surface area contributed by atoms with Crippen LogP contribution < -0.4 is 5.32 Å². The van der Waals surface area contributed by atoms with Gasteiger partial charge in [-0.25, -0.2) is 0 Å². The van der Waals surface area contributed by atoms with Gasteiger partial charge in [-0.3, -0.25) is 9.59 Å². The maximum Gasteiger partial charge on any atom is 0.256 e. The fraction of sp³-hybridized carbons (Fsp3) is 0.185. The quantitative estimate of drug-likeness (QED) is 0.499. The van der Waals surface area contributed by atoms with E-state index in [1.54, 1.807) is 49.4 Å². The summed E-state index contributed by atoms with van der Waals surface area (Å²) >= 11 is 6.47. The van der Waals surface area contributed by atoms with E-state index in [9.17, 15) is 19.8 Å². The molecule has 3 N–H and O–H groups in total. The third-order valence-electron chi connectivity index (χ3n) is 7.11. The molecular weight excluding hydrogens is 452 g/mol. The van der Waals surface area contributed by atoms with Crippen molar-refractivity contribution in [3.63, 3.8) is 0 Å². The molecule has 3 aromatic carbocycles. The van der Waals surface area contributed by atoms with Crippen LogP contribution in [-0.4, -0.2) is 39.9 Å². The van der Waals surface area contributed by atoms with Gasteiger partial charge in [-0.05, 0) is 30.7 Å². The van der Waals surface area contributed by atoms with E-state index in [0.717, 1.165) is 5.56 Å². The van der Waals surface area contributed by atoms with E-state index < -0.39 is 11.6 Å². The second kappa shape index (κ2) is 7.19. The molecule has 1 amide bonds. The Morgan fingerprint density at radius 3 is 2.47 bits per heavy atom. The normalized spacial score (nSPS) is 23.0. The van der Waals surface area contributed by atoms with E-state index in [2.05, 4.69) is 5.32 Å². The largest absolute Gasteiger partial charge is 0.508 e. The van der Waals surface area contributed by atoms with Crippen molar-refractivity contribution in [1.82, 2.24) is 10.2 Å². The molecule has 3 aromatic rings. The summed E-state index contributed by atoms with van der Waals surface area (Å²) in [6.07, 6.45) is 0. The van der Waals surface area contributed by atoms with Crippen LogP contribution in [0.3, 0.4) is 0 Å². The third-order valence-corrected chi connectivity index (χ3v) is 7.52. The number of nitrogens with one attached hydrogen (secondary N) is 1. The highest BCUT2D eigenvalue weighted by atomic mass is 35.5. The molecule has 0 saturated heterocycles. The molecule has 0 bridgehead atoms. The van der Waals surface area contributed by atoms with Crippen LogP contribution in [0.4, 0.5) is 0 Å². The highest BCUT2D eigenvalue weighted by Gasteiger charge is 2.58. The van der Waals surface area contributed by atoms with E-state index in [4.69, 9.17) is 11.6 Å². The number of nitrogens with zero attached hydrogens (tertiary/aromatic N) is 1. The average Bonchev–Trinajstić information content (AvgIpc) is 3.21. The molecule has 1 aliphatic carbocycles. The summed E-state index contributed by atoms with van der Waals surface area (Å²) in [5, 5.41) is 27.3. The van der Waals surface area contributed by atoms with E-state index in [-0.39, 0.29) is 29.5 Å². The van der Waals surface area contributed by atoms with Crippen molar-refractivity contribution in [3.05, 3.63) is 105 Å². The first-order valence-corrected chi connectivity index (χ1v) is 11.5. The van der Waals surface area contributed by atoms with Crippen molar-refractivity contribution < 1.29 is 19.8 Å². The molecule has 2 atom stereocenters. The molecule has 0 saturated carbocycles. The lowest BCUT2D eigenvalue weighted by atomic mass is 9.76. The Labute approximate surface area is 201 Å². The van der Waals surface area contributed by atoms with Crippen molar-refractivity contribution in [2.45, 2.75) is 18.6 Å². The van der Waals surface area contributed by atoms with Crippen LogP contribution in [0, 0.1) is 6.92 Å². The predicted molar refractivity (Wildman–Crippen MR) is 128 cm³/mol. The molecule has 0 radical (unpaired) electrons. The molecular formula is C27H21ClN2O4. The summed E-state index contributed by atoms with van der Waals surface area (Å²) in [4.78, 5) is 28.7. The number of Topliss-reactive ketones (excluding diaryl/α,β-unsaturated/α-hetero) is 1. The van der Waals surface area contributed by atoms with Gasteiger partial charge in [0.25, 0.3) is 5.91 Å². The minimum Gasteiger partial charge on any atom is -0.508 e. The van der Waals surface area contributed by atoms with Crippen LogP contribution in [-0.2, 0) is 5.72 Å². The second-order valence-electron chi connectivity index (χ2n) is 8.91. The first-order chi connectivity index (χ1) is 16.3. The summed E-state index contributed by atoms with van der Waals surface area (Å²) in [6, 6.07) is 17.2. The van der Waals surface area contributed by atoms with Crippen molar-refractivity contribution in [1.29, 1.82) is 0 Å². The van der Waals surface area contributed by atoms with Crippen LogP contribution >= 0.6 is 11.6 Å². The van der Waals surface area contributed by atoms with Crippen LogP contribution in [0.5, 0.6) is 5.75 Å². The number of benzene rings is 3. The van der Waals surface area contributed by atoms with Gasteiger partial charge in [0.15, 0.2) is 11.5 Å². The Morgan fingerprint density at radius 1 is 1.03 bits per heavy atom. The van der Waals surface area contributed by atoms with Crippen molar-refractivity contribution >= 4 is 29.0 Å². The van der Waals surface area contributed by atoms with Gasteiger partial charge in [0.2, 0.25) is 0 Å². The van der Waals surface area contributed by atoms with Crippen LogP contribution in [0.25, 0.3) is 5.70 Å². The number of aliphatic hydroxyl groups is 1. The molecule has 2 heterocycles. The minimum atomic E-state index is -1.90. The molecule has 3 aliphatic rings. The number of ketones is 1. The first-order valence-electron chi connectivity index (χ1n) is 11.1. The van der Waals surface area contributed by atoms with Gasteiger partial charge < -0.3 is 20.4 Å². The summed E-state index contributed by atoms with van der Waals surface area (Å²) in [5.74, 6) is -1.77. The van der Waals surface area contributed by atoms with Gasteiger partial charge in [0, 0.05) is 51.5 Å². The summed E-state index contributed by atoms with van der Waals surface area (Å²) in [7, 11) is 0. The zero-order chi connectivity index (χ0) is 23.8. The summed E-state index contributed by atoms with van der Waals surface area (Å²) < 4.78 is 0. The lowest BCUT2D eigenvalue weighted by Crippen LogP contribution is -2.52. The van der Waals surface area contributed by atoms with Gasteiger partial charge in [-0.1, -0.05) is 54.1 Å². The van der Waals surface area contributed by atoms with Gasteiger partial charge in [0.05, 0.1) is 11.6 Å². The second-order valence-corrected chi connectivity index (χ2v) is 9.32. The molecule has 34 heavy (non-hydrogen) atoms. The molecule has 6 rings (SSSR count). The monoisotopic (exact) mass is 472 g/mol. The number of hydrogen-bond acceptors (Lipinski definition) is 5. The Kier molecular flexibility index (Phi) is 4.43. The molecule has 2 aliphatic heterocycles. The number of amides is 1. The number of aromatic hydroxyl groups is 1. The first kappa shape index (κ1) is 21.0. The highest BCUT2D eigenvalue weighted by molar-refractivity contribution is 6.31. The van der Waals surface area contributed by atoms with Crippen molar-refractivity contribution in [3.8, 4) is 5.75 Å². The smallest absolute Gasteiger partial charge is 0.256 e. The number of phenolic OH excluding ortho intramolecular Hbond substituents is 1. The van der Waals surface area contributed by atoms with Gasteiger partial charge >= 0.3 is 0 Å². The fourth-order valence-corrected chi connectivity index (χ4v) is 5.74. The lowest BCUT2D eigenvalue weighted by Gasteiger charge is -2.43. The molecule has 170 valence electrons. The number of fused-ring (bicyclic) bond motifs is 5. The summed E-state index contributed by atoms with van der Waals surface area (Å²) in [5.41, 5.74) is 1.97. The lowest BCUT2D eigenvalue weighted by molar-refractivity contribution is -0.0972. The molecule has 0 aromatic heterocycles. The van der Waals surface area contributed by atoms with Gasteiger partial charge in [-0.2, -0.15) is 0 Å². The Balaban J connectivity index is 1.72. The average molecular weight is 473 g/mol. The zero-order valence-electron chi connectivity index (χ0n) is 18.3. The van der Waals surface area contributed by atoms with Crippen LogP contribution in [0.15, 0.2) is 66.2 Å². The van der Waals surface area contributed by atoms with E-state index in [0.29, 0.717) is 45.1 Å². The third kappa shape index (κ3) is 2.61. The Morgan fingerprint density at radius 2 is 1.71 bits per heavy atom. The van der Waals surface area contributed by atoms with E-state index in [1.165, 1.54) is 11.0 Å². The zero-order valence-corrected chi connectivity index (χ0v) is 19.1. The molecule has 6 nitrogen and oxygen atoms in total. The molecule has 0 spiro atoms. The number of phenols is 1. The van der Waals surface area contributed by atoms with Gasteiger partial charge in [0.1, 0.15) is 5.75 Å². The maximum atomic E-state index is 13.8. The standard InChI is InChI=1S/C27H21ClN2O4/c1-14-12-21(31)18(13-20(14)28)23-22-24(15-6-2-3-7-16(15)25(22)32)29-10-11-30-26(33)17-8-4-5-9-19(17)27(23,30)34/h2-9,12-13,23,29,31,34H,10-11H2,1H3/t23-,27-/m0/s1. The minimum absolute atomic E-state index is 0.103. The number of carbonyl (C=O) groups excluding carboxylic acids is 2. The fourth-order valence-electron chi connectivity index (χ4n) is 5.57. The van der Waals surface area contributed by atoms with E-state index in [1.807, 2.05) is 12.1 Å². The Hall–Kier alpha value is -3.61. The molecule has 0 fully saturated rings. The van der Waals surface area contributed by atoms with Crippen LogP contribution in [0.1, 0.15) is 48.9 Å². The van der Waals surface area contributed by atoms with Crippen molar-refractivity contribution in [2.75, 3.05) is 13.1 Å². The summed E-state index contributed by atoms with van der Waals surface area (Å²) in [6.45, 7) is 2.31. The van der Waals surface area contributed by atoms with Crippen molar-refractivity contribution in [2.24, 2.45) is 0 Å². The maximum absolute atomic E-state index is 13.8. The predicted octanol–water partition coefficient (Wildman–Crippen LogP) is 3.95. The number of halogens is 1. The Bertz CT molecular complexity index is 1450. The van der Waals surface area contributed by atoms with Crippen LogP contribution in [0.2, 0.25) is 5.02 Å². The van der Waals surface area contributed by atoms with E-state index >= 15 is 0 Å². The number of carbonyl (C=O) groups is 2. The van der Waals surface area contributed by atoms with Gasteiger partial charge in [-0.15, -0.1) is 0 Å². The molecule has 7 heteroatoms. The number of hydrogen-bond donors (Lipinski definition) is 3. The molecule has 0 unspecified atom stereocenters. The SMILES string of the molecule is Cc1cc(O)c([C@H]2C3=C(NCCN4C(=O)c5ccccc5[C@]24O)c2ccccc2C3=O)cc1Cl. The number of rotatable bonds is 1. The highest BCUT2D eigenvalue weighted by Crippen LogP contribution is 2.55.